The van der Waals surface area contributed by atoms with Crippen LogP contribution in [0.5, 0.6) is 0 Å². The van der Waals surface area contributed by atoms with Gasteiger partial charge in [0.05, 0.1) is 0 Å². The summed E-state index contributed by atoms with van der Waals surface area (Å²) in [4.78, 5) is 0. The lowest BCUT2D eigenvalue weighted by atomic mass is 9.99. The minimum Gasteiger partial charge on any atom is -0.103 e. The second-order valence-electron chi connectivity index (χ2n) is 5.79. The molecule has 0 unspecified atom stereocenters. The minimum absolute atomic E-state index is 1.01. The van der Waals surface area contributed by atoms with Crippen molar-refractivity contribution in [1.29, 1.82) is 0 Å². The van der Waals surface area contributed by atoms with Gasteiger partial charge in [-0.1, -0.05) is 79.8 Å². The molecule has 0 aliphatic heterocycles. The van der Waals surface area contributed by atoms with Crippen molar-refractivity contribution in [1.82, 2.24) is 0 Å². The van der Waals surface area contributed by atoms with Crippen LogP contribution in [-0.4, -0.2) is 0 Å². The predicted molar refractivity (Wildman–Crippen MR) is 98.1 cm³/mol. The third-order valence-electron chi connectivity index (χ3n) is 4.45. The minimum atomic E-state index is 1.01. The van der Waals surface area contributed by atoms with E-state index in [1.165, 1.54) is 39.0 Å². The smallest absolute Gasteiger partial charge is 0.0328 e. The van der Waals surface area contributed by atoms with E-state index in [1.54, 1.807) is 0 Å². The van der Waals surface area contributed by atoms with Gasteiger partial charge in [0.25, 0.3) is 0 Å². The molecule has 2 aliphatic rings. The summed E-state index contributed by atoms with van der Waals surface area (Å²) in [5.41, 5.74) is 12.6. The summed E-state index contributed by atoms with van der Waals surface area (Å²) in [5.74, 6) is 0. The molecular formula is C23H18. The molecule has 0 heterocycles. The molecule has 0 radical (unpaired) electrons. The van der Waals surface area contributed by atoms with Crippen LogP contribution in [0.4, 0.5) is 0 Å². The second-order valence-corrected chi connectivity index (χ2v) is 5.79. The Balaban J connectivity index is 2.04. The summed E-state index contributed by atoms with van der Waals surface area (Å²) < 4.78 is 0. The lowest BCUT2D eigenvalue weighted by molar-refractivity contribution is 1.13. The van der Waals surface area contributed by atoms with Crippen molar-refractivity contribution in [2.24, 2.45) is 0 Å². The molecule has 2 aromatic rings. The molecule has 0 atom stereocenters. The molecule has 0 heteroatoms. The summed E-state index contributed by atoms with van der Waals surface area (Å²) in [6.07, 6.45) is 11.6. The lowest BCUT2D eigenvalue weighted by Gasteiger charge is -2.04. The summed E-state index contributed by atoms with van der Waals surface area (Å²) in [7, 11) is 0. The first-order valence-electron chi connectivity index (χ1n) is 8.13. The monoisotopic (exact) mass is 294 g/mol. The van der Waals surface area contributed by atoms with E-state index in [4.69, 9.17) is 0 Å². The highest BCUT2D eigenvalue weighted by Gasteiger charge is 2.22. The largest absolute Gasteiger partial charge is 0.103 e. The van der Waals surface area contributed by atoms with Gasteiger partial charge in [-0.25, -0.2) is 0 Å². The maximum Gasteiger partial charge on any atom is 0.0328 e. The molecule has 0 fully saturated rings. The van der Waals surface area contributed by atoms with Crippen LogP contribution in [-0.2, 0) is 0 Å². The molecule has 0 N–H and O–H groups in total. The number of rotatable bonds is 1. The van der Waals surface area contributed by atoms with Gasteiger partial charge in [-0.3, -0.25) is 0 Å². The number of benzene rings is 2. The van der Waals surface area contributed by atoms with Crippen LogP contribution in [0.3, 0.4) is 0 Å². The molecule has 4 rings (SSSR count). The zero-order valence-electron chi connectivity index (χ0n) is 13.2. The molecule has 110 valence electrons. The van der Waals surface area contributed by atoms with Gasteiger partial charge in [-0.2, -0.15) is 0 Å². The van der Waals surface area contributed by atoms with Gasteiger partial charge in [-0.05, 0) is 40.3 Å². The van der Waals surface area contributed by atoms with Gasteiger partial charge in [0.1, 0.15) is 0 Å². The van der Waals surface area contributed by atoms with E-state index in [9.17, 15) is 0 Å². The normalized spacial score (nSPS) is 14.9. The van der Waals surface area contributed by atoms with Gasteiger partial charge in [0.15, 0.2) is 0 Å². The Labute approximate surface area is 137 Å². The highest BCUT2D eigenvalue weighted by Crippen LogP contribution is 2.43. The molecule has 2 aromatic carbocycles. The van der Waals surface area contributed by atoms with Crippen LogP contribution < -0.4 is 0 Å². The summed E-state index contributed by atoms with van der Waals surface area (Å²) in [6, 6.07) is 17.2. The van der Waals surface area contributed by atoms with E-state index in [1.807, 2.05) is 0 Å². The average Bonchev–Trinajstić information content (AvgIpc) is 2.75. The van der Waals surface area contributed by atoms with Gasteiger partial charge in [0, 0.05) is 11.1 Å². The Morgan fingerprint density at radius 3 is 1.96 bits per heavy atom. The number of allylic oxidation sites excluding steroid dienone is 7. The summed E-state index contributed by atoms with van der Waals surface area (Å²) >= 11 is 0. The molecule has 0 nitrogen and oxygen atoms in total. The third-order valence-corrected chi connectivity index (χ3v) is 4.45. The van der Waals surface area contributed by atoms with E-state index in [2.05, 4.69) is 91.6 Å². The Hall–Kier alpha value is -2.82. The Bertz CT molecular complexity index is 879. The molecule has 0 saturated heterocycles. The lowest BCUT2D eigenvalue weighted by Crippen LogP contribution is -1.85. The fourth-order valence-corrected chi connectivity index (χ4v) is 3.30. The molecule has 0 aromatic heterocycles. The molecule has 2 aliphatic carbocycles. The highest BCUT2D eigenvalue weighted by atomic mass is 14.2. The van der Waals surface area contributed by atoms with Gasteiger partial charge < -0.3 is 0 Å². The second kappa shape index (κ2) is 5.76. The maximum absolute atomic E-state index is 3.71. The average molecular weight is 294 g/mol. The van der Waals surface area contributed by atoms with E-state index >= 15 is 0 Å². The zero-order chi connectivity index (χ0) is 15.6. The molecule has 0 saturated carbocycles. The number of hydrogen-bond acceptors (Lipinski definition) is 0. The zero-order valence-corrected chi connectivity index (χ0v) is 13.2. The first-order chi connectivity index (χ1) is 11.4. The van der Waals surface area contributed by atoms with Crippen molar-refractivity contribution in [3.63, 3.8) is 0 Å². The van der Waals surface area contributed by atoms with Crippen molar-refractivity contribution in [2.45, 2.75) is 13.3 Å². The molecule has 0 amide bonds. The predicted octanol–water partition coefficient (Wildman–Crippen LogP) is 6.09. The van der Waals surface area contributed by atoms with Crippen LogP contribution in [0.15, 0.2) is 95.8 Å². The molecule has 0 spiro atoms. The fourth-order valence-electron chi connectivity index (χ4n) is 3.30. The van der Waals surface area contributed by atoms with Crippen LogP contribution in [0.2, 0.25) is 0 Å². The molecular weight excluding hydrogens is 276 g/mol. The van der Waals surface area contributed by atoms with E-state index in [0.717, 1.165) is 6.42 Å². The molecule has 0 bridgehead atoms. The van der Waals surface area contributed by atoms with Crippen LogP contribution in [0, 0.1) is 0 Å². The Morgan fingerprint density at radius 2 is 1.35 bits per heavy atom. The van der Waals surface area contributed by atoms with Crippen LogP contribution in [0.25, 0.3) is 16.7 Å². The topological polar surface area (TPSA) is 0 Å². The van der Waals surface area contributed by atoms with Gasteiger partial charge >= 0.3 is 0 Å². The Kier molecular flexibility index (Phi) is 3.46. The fraction of sp³-hybridized carbons (Fsp3) is 0.0870. The Morgan fingerprint density at radius 1 is 0.739 bits per heavy atom. The SMILES string of the molecule is CCC1=CC=CC=CC1=C=C1c2ccccc2-c2ccccc21. The van der Waals surface area contributed by atoms with Gasteiger partial charge in [-0.15, -0.1) is 5.73 Å². The standard InChI is InChI=1S/C23H18/c1-2-17-10-4-3-5-11-18(17)16-23-21-14-8-6-12-19(21)20-13-7-9-15-22(20)23/h3-15H,2H2,1H3. The van der Waals surface area contributed by atoms with Crippen molar-refractivity contribution < 1.29 is 0 Å². The van der Waals surface area contributed by atoms with Crippen molar-refractivity contribution in [2.75, 3.05) is 0 Å². The summed E-state index contributed by atoms with van der Waals surface area (Å²) in [6.45, 7) is 2.20. The van der Waals surface area contributed by atoms with Crippen molar-refractivity contribution in [3.05, 3.63) is 107 Å². The number of fused-ring (bicyclic) bond motifs is 3. The van der Waals surface area contributed by atoms with Gasteiger partial charge in [0.2, 0.25) is 0 Å². The van der Waals surface area contributed by atoms with Crippen LogP contribution in [0.1, 0.15) is 24.5 Å². The quantitative estimate of drug-likeness (QED) is 0.477. The van der Waals surface area contributed by atoms with E-state index in [0.29, 0.717) is 0 Å². The third kappa shape index (κ3) is 2.34. The van der Waals surface area contributed by atoms with Crippen molar-refractivity contribution >= 4 is 5.57 Å². The first-order valence-corrected chi connectivity index (χ1v) is 8.13. The molecule has 23 heavy (non-hydrogen) atoms. The van der Waals surface area contributed by atoms with E-state index in [-0.39, 0.29) is 0 Å². The number of hydrogen-bond donors (Lipinski definition) is 0. The highest BCUT2D eigenvalue weighted by molar-refractivity contribution is 6.01. The maximum atomic E-state index is 3.71. The van der Waals surface area contributed by atoms with E-state index < -0.39 is 0 Å². The van der Waals surface area contributed by atoms with Crippen LogP contribution >= 0.6 is 0 Å². The first kappa shape index (κ1) is 13.8. The summed E-state index contributed by atoms with van der Waals surface area (Å²) in [5, 5.41) is 0. The van der Waals surface area contributed by atoms with Crippen molar-refractivity contribution in [3.8, 4) is 11.1 Å².